The number of allylic oxidation sites excluding steroid dienone is 4. The van der Waals surface area contributed by atoms with Crippen LogP contribution in [0.3, 0.4) is 0 Å². The predicted octanol–water partition coefficient (Wildman–Crippen LogP) is 14.9. The summed E-state index contributed by atoms with van der Waals surface area (Å²) in [6.45, 7) is 5.68. The first-order chi connectivity index (χ1) is 24.2. The second-order valence-electron chi connectivity index (χ2n) is 14.6. The zero-order valence-corrected chi connectivity index (χ0v) is 33.1. The van der Waals surface area contributed by atoms with Gasteiger partial charge in [-0.15, -0.1) is 0 Å². The molecule has 0 atom stereocenters. The third-order valence-corrected chi connectivity index (χ3v) is 9.60. The zero-order chi connectivity index (χ0) is 35.6. The maximum atomic E-state index is 12.0. The number of esters is 2. The van der Waals surface area contributed by atoms with Gasteiger partial charge >= 0.3 is 11.9 Å². The average Bonchev–Trinajstić information content (AvgIpc) is 3.10. The third kappa shape index (κ3) is 42.5. The second-order valence-corrected chi connectivity index (χ2v) is 14.6. The van der Waals surface area contributed by atoms with Crippen LogP contribution in [0.25, 0.3) is 0 Å². The molecule has 0 aromatic carbocycles. The number of carbonyl (C=O) groups is 2. The van der Waals surface area contributed by atoms with Gasteiger partial charge in [-0.1, -0.05) is 173 Å². The molecule has 0 rings (SSSR count). The van der Waals surface area contributed by atoms with Gasteiger partial charge in [0.05, 0.1) is 13.2 Å². The summed E-state index contributed by atoms with van der Waals surface area (Å²) in [6.07, 6.45) is 51.4. The molecule has 0 fully saturated rings. The highest BCUT2D eigenvalue weighted by molar-refractivity contribution is 5.69. The molecule has 49 heavy (non-hydrogen) atoms. The van der Waals surface area contributed by atoms with Gasteiger partial charge in [-0.2, -0.15) is 0 Å². The molecule has 0 saturated heterocycles. The molecule has 4 nitrogen and oxygen atoms in total. The Balaban J connectivity index is 3.28. The van der Waals surface area contributed by atoms with E-state index in [1.54, 1.807) is 0 Å². The highest BCUT2D eigenvalue weighted by atomic mass is 16.5. The Kier molecular flexibility index (Phi) is 41.2. The van der Waals surface area contributed by atoms with Crippen LogP contribution >= 0.6 is 0 Å². The van der Waals surface area contributed by atoms with Crippen molar-refractivity contribution >= 4 is 11.9 Å². The van der Waals surface area contributed by atoms with E-state index in [1.807, 2.05) is 0 Å². The van der Waals surface area contributed by atoms with Crippen LogP contribution in [-0.4, -0.2) is 25.2 Å². The van der Waals surface area contributed by atoms with Crippen LogP contribution in [0.5, 0.6) is 0 Å². The molecule has 0 aromatic heterocycles. The fraction of sp³-hybridized carbons (Fsp3) is 0.867. The molecule has 288 valence electrons. The predicted molar refractivity (Wildman–Crippen MR) is 213 cm³/mol. The van der Waals surface area contributed by atoms with Gasteiger partial charge in [0.1, 0.15) is 0 Å². The summed E-state index contributed by atoms with van der Waals surface area (Å²) in [5.74, 6) is -0.0474. The molecule has 0 radical (unpaired) electrons. The first-order valence-corrected chi connectivity index (χ1v) is 21.8. The number of hydrogen-bond donors (Lipinski definition) is 0. The van der Waals surface area contributed by atoms with Gasteiger partial charge in [-0.05, 0) is 77.0 Å². The van der Waals surface area contributed by atoms with Crippen molar-refractivity contribution in [1.29, 1.82) is 0 Å². The Morgan fingerprint density at radius 1 is 0.327 bits per heavy atom. The van der Waals surface area contributed by atoms with Crippen molar-refractivity contribution in [2.75, 3.05) is 13.2 Å². The van der Waals surface area contributed by atoms with E-state index in [9.17, 15) is 9.59 Å². The normalized spacial score (nSPS) is 11.6. The molecule has 0 spiro atoms. The van der Waals surface area contributed by atoms with Crippen LogP contribution in [0.1, 0.15) is 239 Å². The van der Waals surface area contributed by atoms with Crippen LogP contribution in [0.4, 0.5) is 0 Å². The molecule has 0 heterocycles. The SMILES string of the molecule is CCCCCCCC/C=C\CCCCCCCC(=O)OCCCCCCCCCOC(=O)CCCCCCC/C=C\CCCCCCCC. The summed E-state index contributed by atoms with van der Waals surface area (Å²) in [7, 11) is 0. The second kappa shape index (κ2) is 42.6. The van der Waals surface area contributed by atoms with E-state index in [1.165, 1.54) is 161 Å². The lowest BCUT2D eigenvalue weighted by molar-refractivity contribution is -0.144. The Labute approximate surface area is 306 Å². The highest BCUT2D eigenvalue weighted by Crippen LogP contribution is 2.13. The first-order valence-electron chi connectivity index (χ1n) is 21.8. The lowest BCUT2D eigenvalue weighted by Gasteiger charge is -2.06. The van der Waals surface area contributed by atoms with E-state index in [0.717, 1.165) is 51.4 Å². The standard InChI is InChI=1S/C45H84O4/c1-3-5-7-9-11-13-15-17-19-21-23-25-28-32-36-40-44(46)48-42-38-34-30-27-31-35-39-43-49-45(47)41-37-33-29-26-24-22-20-18-16-14-12-10-8-6-4-2/h17-20H,3-16,21-43H2,1-2H3/b19-17-,20-18-. The Morgan fingerprint density at radius 2 is 0.571 bits per heavy atom. The molecular formula is C45H84O4. The lowest BCUT2D eigenvalue weighted by atomic mass is 10.1. The summed E-state index contributed by atoms with van der Waals surface area (Å²) < 4.78 is 10.9. The maximum Gasteiger partial charge on any atom is 0.305 e. The minimum atomic E-state index is -0.0237. The molecule has 0 bridgehead atoms. The Bertz CT molecular complexity index is 668. The van der Waals surface area contributed by atoms with Gasteiger partial charge in [0, 0.05) is 12.8 Å². The highest BCUT2D eigenvalue weighted by Gasteiger charge is 2.04. The van der Waals surface area contributed by atoms with Gasteiger partial charge in [0.2, 0.25) is 0 Å². The van der Waals surface area contributed by atoms with Crippen molar-refractivity contribution < 1.29 is 19.1 Å². The van der Waals surface area contributed by atoms with E-state index in [0.29, 0.717) is 26.1 Å². The van der Waals surface area contributed by atoms with E-state index < -0.39 is 0 Å². The Hall–Kier alpha value is -1.58. The largest absolute Gasteiger partial charge is 0.466 e. The van der Waals surface area contributed by atoms with Gasteiger partial charge in [0.15, 0.2) is 0 Å². The van der Waals surface area contributed by atoms with Crippen molar-refractivity contribution in [1.82, 2.24) is 0 Å². The molecule has 0 amide bonds. The molecule has 4 heteroatoms. The molecule has 0 unspecified atom stereocenters. The van der Waals surface area contributed by atoms with Crippen molar-refractivity contribution in [2.45, 2.75) is 239 Å². The van der Waals surface area contributed by atoms with Crippen LogP contribution in [0.15, 0.2) is 24.3 Å². The lowest BCUT2D eigenvalue weighted by Crippen LogP contribution is -2.06. The smallest absolute Gasteiger partial charge is 0.305 e. The number of carbonyl (C=O) groups excluding carboxylic acids is 2. The van der Waals surface area contributed by atoms with E-state index in [-0.39, 0.29) is 11.9 Å². The van der Waals surface area contributed by atoms with Crippen molar-refractivity contribution in [3.8, 4) is 0 Å². The molecule has 0 saturated carbocycles. The van der Waals surface area contributed by atoms with Gasteiger partial charge in [0.25, 0.3) is 0 Å². The molecule has 0 aliphatic rings. The number of ether oxygens (including phenoxy) is 2. The van der Waals surface area contributed by atoms with E-state index in [4.69, 9.17) is 9.47 Å². The number of unbranched alkanes of at least 4 members (excludes halogenated alkanes) is 28. The zero-order valence-electron chi connectivity index (χ0n) is 33.1. The summed E-state index contributed by atoms with van der Waals surface area (Å²) in [5.41, 5.74) is 0. The summed E-state index contributed by atoms with van der Waals surface area (Å²) in [5, 5.41) is 0. The van der Waals surface area contributed by atoms with Crippen LogP contribution in [0, 0.1) is 0 Å². The monoisotopic (exact) mass is 689 g/mol. The summed E-state index contributed by atoms with van der Waals surface area (Å²) in [4.78, 5) is 23.9. The van der Waals surface area contributed by atoms with Crippen LogP contribution in [-0.2, 0) is 19.1 Å². The van der Waals surface area contributed by atoms with Crippen molar-refractivity contribution in [3.63, 3.8) is 0 Å². The maximum absolute atomic E-state index is 12.0. The fourth-order valence-corrected chi connectivity index (χ4v) is 6.28. The minimum Gasteiger partial charge on any atom is -0.466 e. The molecular weight excluding hydrogens is 604 g/mol. The van der Waals surface area contributed by atoms with E-state index >= 15 is 0 Å². The van der Waals surface area contributed by atoms with E-state index in [2.05, 4.69) is 38.2 Å². The molecule has 0 aliphatic carbocycles. The number of rotatable bonds is 40. The van der Waals surface area contributed by atoms with Gasteiger partial charge < -0.3 is 9.47 Å². The van der Waals surface area contributed by atoms with Crippen molar-refractivity contribution in [2.24, 2.45) is 0 Å². The Morgan fingerprint density at radius 3 is 0.878 bits per heavy atom. The van der Waals surface area contributed by atoms with Gasteiger partial charge in [-0.3, -0.25) is 9.59 Å². The molecule has 0 aliphatic heterocycles. The summed E-state index contributed by atoms with van der Waals surface area (Å²) in [6, 6.07) is 0. The number of hydrogen-bond acceptors (Lipinski definition) is 4. The molecule has 0 aromatic rings. The fourth-order valence-electron chi connectivity index (χ4n) is 6.28. The summed E-state index contributed by atoms with van der Waals surface area (Å²) >= 11 is 0. The average molecular weight is 689 g/mol. The quantitative estimate of drug-likeness (QED) is 0.0365. The van der Waals surface area contributed by atoms with Crippen LogP contribution in [0.2, 0.25) is 0 Å². The van der Waals surface area contributed by atoms with Gasteiger partial charge in [-0.25, -0.2) is 0 Å². The van der Waals surface area contributed by atoms with Crippen molar-refractivity contribution in [3.05, 3.63) is 24.3 Å². The third-order valence-electron chi connectivity index (χ3n) is 9.60. The first kappa shape index (κ1) is 47.4. The molecule has 0 N–H and O–H groups in total. The van der Waals surface area contributed by atoms with Crippen LogP contribution < -0.4 is 0 Å². The minimum absolute atomic E-state index is 0.0237. The topological polar surface area (TPSA) is 52.6 Å².